The topological polar surface area (TPSA) is 79.0 Å². The molecule has 7 heteroatoms. The average Bonchev–Trinajstić information content (AvgIpc) is 3.24. The van der Waals surface area contributed by atoms with Crippen molar-refractivity contribution in [1.82, 2.24) is 19.5 Å². The van der Waals surface area contributed by atoms with Crippen molar-refractivity contribution in [3.05, 3.63) is 77.9 Å². The highest BCUT2D eigenvalue weighted by Crippen LogP contribution is 2.40. The van der Waals surface area contributed by atoms with Crippen molar-refractivity contribution in [1.29, 1.82) is 0 Å². The fourth-order valence-corrected chi connectivity index (χ4v) is 5.26. The molecule has 140 valence electrons. The van der Waals surface area contributed by atoms with Gasteiger partial charge in [-0.2, -0.15) is 9.40 Å². The normalized spacial score (nSPS) is 17.7. The molecule has 1 aromatic heterocycles. The zero-order valence-electron chi connectivity index (χ0n) is 15.2. The van der Waals surface area contributed by atoms with Gasteiger partial charge in [-0.25, -0.2) is 13.4 Å². The lowest BCUT2D eigenvalue weighted by Crippen LogP contribution is -2.46. The zero-order chi connectivity index (χ0) is 18.9. The van der Waals surface area contributed by atoms with Gasteiger partial charge in [0.15, 0.2) is 0 Å². The van der Waals surface area contributed by atoms with E-state index in [0.29, 0.717) is 30.8 Å². The summed E-state index contributed by atoms with van der Waals surface area (Å²) in [7, 11) is -3.49. The molecular formula is C20H22N4O2S. The molecule has 4 rings (SSSR count). The Kier molecular flexibility index (Phi) is 4.57. The Labute approximate surface area is 159 Å². The van der Waals surface area contributed by atoms with Gasteiger partial charge in [-0.15, -0.1) is 0 Å². The number of hydrogen-bond donors (Lipinski definition) is 1. The van der Waals surface area contributed by atoms with Gasteiger partial charge in [0, 0.05) is 13.1 Å². The summed E-state index contributed by atoms with van der Waals surface area (Å²) in [6.07, 6.45) is 2.81. The fourth-order valence-electron chi connectivity index (χ4n) is 3.82. The summed E-state index contributed by atoms with van der Waals surface area (Å²) in [5, 5.41) is 7.03. The quantitative estimate of drug-likeness (QED) is 0.752. The van der Waals surface area contributed by atoms with E-state index in [1.807, 2.05) is 37.3 Å². The van der Waals surface area contributed by atoms with Crippen LogP contribution in [0.15, 0.2) is 65.8 Å². The van der Waals surface area contributed by atoms with E-state index in [0.717, 1.165) is 17.0 Å². The van der Waals surface area contributed by atoms with Crippen LogP contribution >= 0.6 is 0 Å². The number of aryl methyl sites for hydroxylation is 1. The molecule has 1 saturated heterocycles. The standard InChI is InChI=1S/C20H22N4O2S/c1-16-7-9-18(10-8-16)27(25,26)24-13-11-20(12-14-24,19-21-15-22-23-19)17-5-3-2-4-6-17/h2-10,15H,11-14H2,1H3,(H,21,22,23). The van der Waals surface area contributed by atoms with Crippen LogP contribution in [0.25, 0.3) is 0 Å². The monoisotopic (exact) mass is 382 g/mol. The molecule has 0 atom stereocenters. The van der Waals surface area contributed by atoms with Crippen molar-refractivity contribution < 1.29 is 8.42 Å². The number of aromatic nitrogens is 3. The largest absolute Gasteiger partial charge is 0.263 e. The van der Waals surface area contributed by atoms with E-state index in [-0.39, 0.29) is 5.41 Å². The summed E-state index contributed by atoms with van der Waals surface area (Å²) in [6.45, 7) is 2.82. The van der Waals surface area contributed by atoms with Crippen LogP contribution in [-0.4, -0.2) is 41.0 Å². The van der Waals surface area contributed by atoms with Gasteiger partial charge >= 0.3 is 0 Å². The summed E-state index contributed by atoms with van der Waals surface area (Å²) < 4.78 is 27.6. The van der Waals surface area contributed by atoms with Crippen molar-refractivity contribution in [3.63, 3.8) is 0 Å². The van der Waals surface area contributed by atoms with Crippen LogP contribution in [0, 0.1) is 6.92 Å². The molecule has 27 heavy (non-hydrogen) atoms. The molecule has 0 radical (unpaired) electrons. The first kappa shape index (κ1) is 17.9. The van der Waals surface area contributed by atoms with Crippen LogP contribution in [0.4, 0.5) is 0 Å². The number of nitrogens with one attached hydrogen (secondary N) is 1. The lowest BCUT2D eigenvalue weighted by Gasteiger charge is -2.40. The summed E-state index contributed by atoms with van der Waals surface area (Å²) in [5.74, 6) is 0.793. The molecule has 2 aromatic carbocycles. The number of piperidine rings is 1. The van der Waals surface area contributed by atoms with E-state index in [1.54, 1.807) is 16.4 Å². The van der Waals surface area contributed by atoms with E-state index in [1.165, 1.54) is 6.33 Å². The predicted molar refractivity (Wildman–Crippen MR) is 103 cm³/mol. The first-order valence-electron chi connectivity index (χ1n) is 9.01. The number of H-pyrrole nitrogens is 1. The Morgan fingerprint density at radius 3 is 2.26 bits per heavy atom. The van der Waals surface area contributed by atoms with Gasteiger partial charge in [-0.1, -0.05) is 48.0 Å². The second-order valence-electron chi connectivity index (χ2n) is 7.00. The third-order valence-corrected chi connectivity index (χ3v) is 7.34. The SMILES string of the molecule is Cc1ccc(S(=O)(=O)N2CCC(c3ccccc3)(c3ncn[nH]3)CC2)cc1. The minimum absolute atomic E-state index is 0.347. The zero-order valence-corrected chi connectivity index (χ0v) is 16.0. The molecule has 0 aliphatic carbocycles. The Morgan fingerprint density at radius 1 is 1.00 bits per heavy atom. The van der Waals surface area contributed by atoms with Crippen molar-refractivity contribution in [2.45, 2.75) is 30.1 Å². The van der Waals surface area contributed by atoms with E-state index in [4.69, 9.17) is 0 Å². The minimum Gasteiger partial charge on any atom is -0.263 e. The van der Waals surface area contributed by atoms with Gasteiger partial charge in [0.05, 0.1) is 10.3 Å². The number of rotatable bonds is 4. The van der Waals surface area contributed by atoms with Crippen molar-refractivity contribution in [3.8, 4) is 0 Å². The molecule has 0 bridgehead atoms. The van der Waals surface area contributed by atoms with Crippen molar-refractivity contribution >= 4 is 10.0 Å². The summed E-state index contributed by atoms with van der Waals surface area (Å²) >= 11 is 0. The molecule has 1 N–H and O–H groups in total. The predicted octanol–water partition coefficient (Wildman–Crippen LogP) is 2.88. The van der Waals surface area contributed by atoms with Crippen LogP contribution in [0.5, 0.6) is 0 Å². The lowest BCUT2D eigenvalue weighted by atomic mass is 9.72. The Hall–Kier alpha value is -2.51. The maximum atomic E-state index is 13.0. The van der Waals surface area contributed by atoms with Crippen LogP contribution in [0.3, 0.4) is 0 Å². The highest BCUT2D eigenvalue weighted by atomic mass is 32.2. The van der Waals surface area contributed by atoms with E-state index in [9.17, 15) is 8.42 Å². The third kappa shape index (κ3) is 3.17. The van der Waals surface area contributed by atoms with Gasteiger partial charge < -0.3 is 0 Å². The Balaban J connectivity index is 1.64. The maximum absolute atomic E-state index is 13.0. The Bertz CT molecular complexity index is 992. The highest BCUT2D eigenvalue weighted by molar-refractivity contribution is 7.89. The van der Waals surface area contributed by atoms with Crippen LogP contribution in [-0.2, 0) is 15.4 Å². The van der Waals surface area contributed by atoms with Gasteiger partial charge in [0.2, 0.25) is 10.0 Å². The van der Waals surface area contributed by atoms with E-state index < -0.39 is 10.0 Å². The first-order chi connectivity index (χ1) is 13.0. The number of sulfonamides is 1. The van der Waals surface area contributed by atoms with E-state index >= 15 is 0 Å². The number of benzene rings is 2. The molecular weight excluding hydrogens is 360 g/mol. The maximum Gasteiger partial charge on any atom is 0.243 e. The molecule has 6 nitrogen and oxygen atoms in total. The molecule has 0 spiro atoms. The molecule has 0 amide bonds. The second kappa shape index (κ2) is 6.90. The smallest absolute Gasteiger partial charge is 0.243 e. The average molecular weight is 382 g/mol. The first-order valence-corrected chi connectivity index (χ1v) is 10.4. The molecule has 0 unspecified atom stereocenters. The Morgan fingerprint density at radius 2 is 1.67 bits per heavy atom. The van der Waals surface area contributed by atoms with Gasteiger partial charge in [-0.3, -0.25) is 5.10 Å². The summed E-state index contributed by atoms with van der Waals surface area (Å²) in [4.78, 5) is 4.76. The van der Waals surface area contributed by atoms with Crippen LogP contribution in [0.2, 0.25) is 0 Å². The van der Waals surface area contributed by atoms with Crippen molar-refractivity contribution in [2.24, 2.45) is 0 Å². The van der Waals surface area contributed by atoms with E-state index in [2.05, 4.69) is 27.3 Å². The number of nitrogens with zero attached hydrogens (tertiary/aromatic N) is 3. The lowest BCUT2D eigenvalue weighted by molar-refractivity contribution is 0.257. The van der Waals surface area contributed by atoms with Crippen LogP contribution in [0.1, 0.15) is 29.8 Å². The fraction of sp³-hybridized carbons (Fsp3) is 0.300. The minimum atomic E-state index is -3.49. The summed E-state index contributed by atoms with van der Waals surface area (Å²) in [6, 6.07) is 17.2. The summed E-state index contributed by atoms with van der Waals surface area (Å²) in [5.41, 5.74) is 1.83. The molecule has 2 heterocycles. The van der Waals surface area contributed by atoms with Gasteiger partial charge in [-0.05, 0) is 37.5 Å². The molecule has 1 fully saturated rings. The highest BCUT2D eigenvalue weighted by Gasteiger charge is 2.43. The van der Waals surface area contributed by atoms with Crippen LogP contribution < -0.4 is 0 Å². The second-order valence-corrected chi connectivity index (χ2v) is 8.94. The van der Waals surface area contributed by atoms with Crippen molar-refractivity contribution in [2.75, 3.05) is 13.1 Å². The molecule has 1 aliphatic rings. The third-order valence-electron chi connectivity index (χ3n) is 5.43. The molecule has 3 aromatic rings. The number of aromatic amines is 1. The number of hydrogen-bond acceptors (Lipinski definition) is 4. The van der Waals surface area contributed by atoms with Gasteiger partial charge in [0.25, 0.3) is 0 Å². The molecule has 0 saturated carbocycles. The van der Waals surface area contributed by atoms with Gasteiger partial charge in [0.1, 0.15) is 12.2 Å². The molecule has 1 aliphatic heterocycles.